The largest absolute Gasteiger partial charge is 0.507 e. The SMILES string of the molecule is CC(Nc1ccc(O)c(F)c1)c1ccc(F)cc1O. The van der Waals surface area contributed by atoms with Crippen molar-refractivity contribution in [3.05, 3.63) is 53.6 Å². The van der Waals surface area contributed by atoms with Gasteiger partial charge in [-0.1, -0.05) is 6.07 Å². The van der Waals surface area contributed by atoms with Crippen LogP contribution in [0.2, 0.25) is 0 Å². The molecule has 0 fully saturated rings. The zero-order valence-corrected chi connectivity index (χ0v) is 10.2. The predicted octanol–water partition coefficient (Wildman–Crippen LogP) is 3.55. The summed E-state index contributed by atoms with van der Waals surface area (Å²) in [5.41, 5.74) is 0.946. The zero-order chi connectivity index (χ0) is 14.0. The van der Waals surface area contributed by atoms with Crippen LogP contribution in [0.15, 0.2) is 36.4 Å². The second kappa shape index (κ2) is 5.14. The first-order valence-electron chi connectivity index (χ1n) is 5.71. The van der Waals surface area contributed by atoms with Crippen LogP contribution in [-0.2, 0) is 0 Å². The molecule has 100 valence electrons. The first kappa shape index (κ1) is 13.1. The molecule has 1 unspecified atom stereocenters. The van der Waals surface area contributed by atoms with Crippen molar-refractivity contribution in [3.63, 3.8) is 0 Å². The molecule has 0 bridgehead atoms. The topological polar surface area (TPSA) is 52.5 Å². The summed E-state index contributed by atoms with van der Waals surface area (Å²) in [5, 5.41) is 21.7. The van der Waals surface area contributed by atoms with Crippen molar-refractivity contribution < 1.29 is 19.0 Å². The Morgan fingerprint density at radius 2 is 1.74 bits per heavy atom. The average molecular weight is 265 g/mol. The monoisotopic (exact) mass is 265 g/mol. The summed E-state index contributed by atoms with van der Waals surface area (Å²) in [5.74, 6) is -1.85. The highest BCUT2D eigenvalue weighted by Gasteiger charge is 2.12. The summed E-state index contributed by atoms with van der Waals surface area (Å²) in [4.78, 5) is 0. The van der Waals surface area contributed by atoms with Gasteiger partial charge in [-0.15, -0.1) is 0 Å². The molecule has 0 saturated heterocycles. The van der Waals surface area contributed by atoms with E-state index in [1.807, 2.05) is 0 Å². The number of phenolic OH excluding ortho intramolecular Hbond substituents is 2. The molecule has 2 rings (SSSR count). The summed E-state index contributed by atoms with van der Waals surface area (Å²) >= 11 is 0. The molecule has 3 nitrogen and oxygen atoms in total. The number of nitrogens with one attached hydrogen (secondary N) is 1. The van der Waals surface area contributed by atoms with E-state index in [0.717, 1.165) is 12.1 Å². The highest BCUT2D eigenvalue weighted by atomic mass is 19.1. The summed E-state index contributed by atoms with van der Waals surface area (Å²) in [6.07, 6.45) is 0. The quantitative estimate of drug-likeness (QED) is 0.744. The molecule has 0 aliphatic heterocycles. The van der Waals surface area contributed by atoms with Gasteiger partial charge < -0.3 is 15.5 Å². The molecule has 1 atom stereocenters. The van der Waals surface area contributed by atoms with Crippen molar-refractivity contribution in [3.8, 4) is 11.5 Å². The maximum atomic E-state index is 13.2. The van der Waals surface area contributed by atoms with Gasteiger partial charge in [0.05, 0.1) is 6.04 Å². The van der Waals surface area contributed by atoms with E-state index >= 15 is 0 Å². The van der Waals surface area contributed by atoms with Gasteiger partial charge in [-0.2, -0.15) is 0 Å². The van der Waals surface area contributed by atoms with Crippen LogP contribution in [-0.4, -0.2) is 10.2 Å². The van der Waals surface area contributed by atoms with Crippen LogP contribution in [0.3, 0.4) is 0 Å². The number of halogens is 2. The van der Waals surface area contributed by atoms with Crippen molar-refractivity contribution in [1.29, 1.82) is 0 Å². The lowest BCUT2D eigenvalue weighted by Crippen LogP contribution is -2.07. The number of phenols is 2. The Morgan fingerprint density at radius 3 is 2.37 bits per heavy atom. The molecule has 0 radical (unpaired) electrons. The molecule has 2 aromatic rings. The number of anilines is 1. The van der Waals surface area contributed by atoms with Crippen molar-refractivity contribution in [2.24, 2.45) is 0 Å². The molecule has 0 spiro atoms. The van der Waals surface area contributed by atoms with Crippen LogP contribution in [0.5, 0.6) is 11.5 Å². The smallest absolute Gasteiger partial charge is 0.166 e. The fraction of sp³-hybridized carbons (Fsp3) is 0.143. The Morgan fingerprint density at radius 1 is 1.00 bits per heavy atom. The Hall–Kier alpha value is -2.30. The molecule has 0 heterocycles. The van der Waals surface area contributed by atoms with Crippen LogP contribution >= 0.6 is 0 Å². The van der Waals surface area contributed by atoms with Crippen molar-refractivity contribution in [1.82, 2.24) is 0 Å². The third-order valence-corrected chi connectivity index (χ3v) is 2.79. The lowest BCUT2D eigenvalue weighted by Gasteiger charge is -2.17. The van der Waals surface area contributed by atoms with Gasteiger partial charge in [-0.05, 0) is 25.1 Å². The molecule has 19 heavy (non-hydrogen) atoms. The lowest BCUT2D eigenvalue weighted by atomic mass is 10.1. The van der Waals surface area contributed by atoms with E-state index in [2.05, 4.69) is 5.32 Å². The van der Waals surface area contributed by atoms with Gasteiger partial charge in [0.2, 0.25) is 0 Å². The fourth-order valence-corrected chi connectivity index (χ4v) is 1.81. The van der Waals surface area contributed by atoms with E-state index < -0.39 is 17.4 Å². The van der Waals surface area contributed by atoms with Crippen molar-refractivity contribution in [2.45, 2.75) is 13.0 Å². The van der Waals surface area contributed by atoms with E-state index in [1.165, 1.54) is 24.3 Å². The molecule has 0 aliphatic rings. The van der Waals surface area contributed by atoms with Crippen LogP contribution in [0.25, 0.3) is 0 Å². The maximum absolute atomic E-state index is 13.2. The standard InChI is InChI=1S/C14H13F2NO2/c1-8(11-4-2-9(15)6-14(11)19)17-10-3-5-13(18)12(16)7-10/h2-8,17-19H,1H3. The van der Waals surface area contributed by atoms with E-state index in [4.69, 9.17) is 5.11 Å². The van der Waals surface area contributed by atoms with E-state index in [0.29, 0.717) is 11.3 Å². The number of rotatable bonds is 3. The fourth-order valence-electron chi connectivity index (χ4n) is 1.81. The minimum absolute atomic E-state index is 0.167. The van der Waals surface area contributed by atoms with E-state index in [9.17, 15) is 13.9 Å². The minimum atomic E-state index is -0.736. The van der Waals surface area contributed by atoms with Crippen molar-refractivity contribution >= 4 is 5.69 Å². The minimum Gasteiger partial charge on any atom is -0.507 e. The Balaban J connectivity index is 2.20. The van der Waals surface area contributed by atoms with Crippen LogP contribution in [0.4, 0.5) is 14.5 Å². The van der Waals surface area contributed by atoms with Gasteiger partial charge in [0.25, 0.3) is 0 Å². The zero-order valence-electron chi connectivity index (χ0n) is 10.2. The first-order chi connectivity index (χ1) is 8.97. The van der Waals surface area contributed by atoms with Gasteiger partial charge in [0, 0.05) is 23.4 Å². The number of aromatic hydroxyl groups is 2. The predicted molar refractivity (Wildman–Crippen MR) is 68.2 cm³/mol. The molecule has 0 aromatic heterocycles. The highest BCUT2D eigenvalue weighted by molar-refractivity contribution is 5.50. The number of benzene rings is 2. The normalized spacial score (nSPS) is 12.2. The lowest BCUT2D eigenvalue weighted by molar-refractivity contribution is 0.432. The first-order valence-corrected chi connectivity index (χ1v) is 5.71. The van der Waals surface area contributed by atoms with Gasteiger partial charge in [0.1, 0.15) is 11.6 Å². The average Bonchev–Trinajstić information content (AvgIpc) is 2.33. The molecule has 5 heteroatoms. The number of hydrogen-bond acceptors (Lipinski definition) is 3. The summed E-state index contributed by atoms with van der Waals surface area (Å²) in [6, 6.07) is 7.26. The molecule has 0 saturated carbocycles. The van der Waals surface area contributed by atoms with Gasteiger partial charge in [0.15, 0.2) is 11.6 Å². The molecule has 0 amide bonds. The Bertz CT molecular complexity index is 602. The summed E-state index contributed by atoms with van der Waals surface area (Å²) < 4.78 is 26.1. The van der Waals surface area contributed by atoms with Crippen LogP contribution in [0.1, 0.15) is 18.5 Å². The maximum Gasteiger partial charge on any atom is 0.166 e. The highest BCUT2D eigenvalue weighted by Crippen LogP contribution is 2.28. The Labute approximate surface area is 109 Å². The summed E-state index contributed by atoms with van der Waals surface area (Å²) in [6.45, 7) is 1.75. The van der Waals surface area contributed by atoms with Gasteiger partial charge in [-0.25, -0.2) is 8.78 Å². The van der Waals surface area contributed by atoms with E-state index in [1.54, 1.807) is 6.92 Å². The molecular formula is C14H13F2NO2. The van der Waals surface area contributed by atoms with Gasteiger partial charge >= 0.3 is 0 Å². The number of hydrogen-bond donors (Lipinski definition) is 3. The second-order valence-electron chi connectivity index (χ2n) is 4.24. The molecular weight excluding hydrogens is 252 g/mol. The van der Waals surface area contributed by atoms with E-state index in [-0.39, 0.29) is 11.8 Å². The molecule has 0 aliphatic carbocycles. The summed E-state index contributed by atoms with van der Waals surface area (Å²) in [7, 11) is 0. The van der Waals surface area contributed by atoms with Crippen LogP contribution in [0, 0.1) is 11.6 Å². The third-order valence-electron chi connectivity index (χ3n) is 2.79. The molecule has 3 N–H and O–H groups in total. The third kappa shape index (κ3) is 2.93. The van der Waals surface area contributed by atoms with Crippen molar-refractivity contribution in [2.75, 3.05) is 5.32 Å². The second-order valence-corrected chi connectivity index (χ2v) is 4.24. The van der Waals surface area contributed by atoms with Gasteiger partial charge in [-0.3, -0.25) is 0 Å². The molecule has 2 aromatic carbocycles. The van der Waals surface area contributed by atoms with Crippen LogP contribution < -0.4 is 5.32 Å². The Kier molecular flexibility index (Phi) is 3.55.